The van der Waals surface area contributed by atoms with Crippen LogP contribution in [0, 0.1) is 0 Å². The molecule has 0 aromatic carbocycles. The fourth-order valence-corrected chi connectivity index (χ4v) is 2.23. The van der Waals surface area contributed by atoms with Gasteiger partial charge in [0, 0.05) is 0 Å². The van der Waals surface area contributed by atoms with Crippen LogP contribution in [-0.4, -0.2) is 10.1 Å². The van der Waals surface area contributed by atoms with E-state index in [1.807, 2.05) is 5.38 Å². The number of aromatic nitrogens is 2. The first-order chi connectivity index (χ1) is 6.85. The lowest BCUT2D eigenvalue weighted by Gasteiger charge is -1.92. The lowest BCUT2D eigenvalue weighted by Crippen LogP contribution is -1.82. The number of nitrogens with zero attached hydrogens (tertiary/aromatic N) is 2. The smallest absolute Gasteiger partial charge is 0.268 e. The van der Waals surface area contributed by atoms with Crippen molar-refractivity contribution < 1.29 is 4.52 Å². The van der Waals surface area contributed by atoms with E-state index in [2.05, 4.69) is 23.1 Å². The molecule has 2 heterocycles. The topological polar surface area (TPSA) is 38.9 Å². The molecule has 0 amide bonds. The van der Waals surface area contributed by atoms with Crippen molar-refractivity contribution in [1.29, 1.82) is 0 Å². The molecule has 0 aliphatic rings. The second-order valence-corrected chi connectivity index (χ2v) is 3.96. The highest BCUT2D eigenvalue weighted by atomic mass is 35.5. The summed E-state index contributed by atoms with van der Waals surface area (Å²) < 4.78 is 5.11. The van der Waals surface area contributed by atoms with Crippen LogP contribution >= 0.6 is 22.9 Å². The summed E-state index contributed by atoms with van der Waals surface area (Å²) in [5.41, 5.74) is 1.24. The number of halogens is 1. The van der Waals surface area contributed by atoms with Crippen LogP contribution in [0.5, 0.6) is 0 Å². The van der Waals surface area contributed by atoms with Gasteiger partial charge in [-0.3, -0.25) is 0 Å². The minimum absolute atomic E-state index is 0.288. The maximum atomic E-state index is 5.59. The molecule has 0 atom stereocenters. The molecule has 2 rings (SSSR count). The second kappa shape index (κ2) is 4.11. The van der Waals surface area contributed by atoms with E-state index in [1.165, 1.54) is 5.56 Å². The number of hydrogen-bond donors (Lipinski definition) is 0. The molecule has 0 aliphatic heterocycles. The van der Waals surface area contributed by atoms with Gasteiger partial charge in [-0.1, -0.05) is 12.1 Å². The minimum Gasteiger partial charge on any atom is -0.333 e. The van der Waals surface area contributed by atoms with Crippen LogP contribution in [0.3, 0.4) is 0 Å². The van der Waals surface area contributed by atoms with Crippen LogP contribution in [0.25, 0.3) is 10.8 Å². The number of thiophene rings is 1. The Morgan fingerprint density at radius 1 is 1.57 bits per heavy atom. The molecule has 5 heteroatoms. The zero-order valence-electron chi connectivity index (χ0n) is 7.66. The van der Waals surface area contributed by atoms with Crippen LogP contribution in [0.2, 0.25) is 0 Å². The maximum Gasteiger partial charge on any atom is 0.268 e. The normalized spacial score (nSPS) is 10.7. The van der Waals surface area contributed by atoms with E-state index in [-0.39, 0.29) is 5.88 Å². The fraction of sp³-hybridized carbons (Fsp3) is 0.333. The highest BCUT2D eigenvalue weighted by Gasteiger charge is 2.12. The van der Waals surface area contributed by atoms with E-state index < -0.39 is 0 Å². The SMILES string of the molecule is CCc1ccsc1-c1nc(CCl)no1. The molecule has 0 saturated heterocycles. The molecule has 14 heavy (non-hydrogen) atoms. The lowest BCUT2D eigenvalue weighted by molar-refractivity contribution is 0.425. The van der Waals surface area contributed by atoms with Crippen LogP contribution < -0.4 is 0 Å². The molecule has 0 saturated carbocycles. The van der Waals surface area contributed by atoms with Gasteiger partial charge in [-0.05, 0) is 23.4 Å². The van der Waals surface area contributed by atoms with Crippen molar-refractivity contribution in [2.45, 2.75) is 19.2 Å². The highest BCUT2D eigenvalue weighted by molar-refractivity contribution is 7.13. The molecular weight excluding hydrogens is 220 g/mol. The summed E-state index contributed by atoms with van der Waals surface area (Å²) in [6.07, 6.45) is 0.970. The van der Waals surface area contributed by atoms with Gasteiger partial charge in [0.25, 0.3) is 5.89 Å². The summed E-state index contributed by atoms with van der Waals surface area (Å²) >= 11 is 7.21. The largest absolute Gasteiger partial charge is 0.333 e. The van der Waals surface area contributed by atoms with Crippen molar-refractivity contribution in [3.63, 3.8) is 0 Å². The molecule has 0 N–H and O–H groups in total. The predicted molar refractivity (Wildman–Crippen MR) is 56.5 cm³/mol. The predicted octanol–water partition coefficient (Wildman–Crippen LogP) is 3.10. The number of alkyl halides is 1. The summed E-state index contributed by atoms with van der Waals surface area (Å²) in [6.45, 7) is 2.10. The van der Waals surface area contributed by atoms with E-state index in [4.69, 9.17) is 16.1 Å². The molecule has 0 radical (unpaired) electrons. The average molecular weight is 229 g/mol. The Bertz CT molecular complexity index is 424. The van der Waals surface area contributed by atoms with Gasteiger partial charge in [0.2, 0.25) is 0 Å². The Kier molecular flexibility index (Phi) is 2.84. The van der Waals surface area contributed by atoms with E-state index in [0.29, 0.717) is 11.7 Å². The average Bonchev–Trinajstić information content (AvgIpc) is 2.85. The third-order valence-electron chi connectivity index (χ3n) is 1.91. The quantitative estimate of drug-likeness (QED) is 0.758. The zero-order chi connectivity index (χ0) is 9.97. The molecular formula is C9H9ClN2OS. The van der Waals surface area contributed by atoms with E-state index in [1.54, 1.807) is 11.3 Å². The van der Waals surface area contributed by atoms with Gasteiger partial charge >= 0.3 is 0 Å². The summed E-state index contributed by atoms with van der Waals surface area (Å²) in [6, 6.07) is 2.07. The zero-order valence-corrected chi connectivity index (χ0v) is 9.23. The van der Waals surface area contributed by atoms with E-state index in [9.17, 15) is 0 Å². The van der Waals surface area contributed by atoms with Gasteiger partial charge < -0.3 is 4.52 Å². The van der Waals surface area contributed by atoms with Crippen molar-refractivity contribution in [3.8, 4) is 10.8 Å². The Morgan fingerprint density at radius 3 is 3.07 bits per heavy atom. The molecule has 0 bridgehead atoms. The molecule has 2 aromatic rings. The van der Waals surface area contributed by atoms with Gasteiger partial charge in [0.1, 0.15) is 0 Å². The van der Waals surface area contributed by atoms with Gasteiger partial charge in [0.15, 0.2) is 5.82 Å². The molecule has 0 unspecified atom stereocenters. The standard InChI is InChI=1S/C9H9ClN2OS/c1-2-6-3-4-14-8(6)9-11-7(5-10)12-13-9/h3-4H,2,5H2,1H3. The maximum absolute atomic E-state index is 5.59. The highest BCUT2D eigenvalue weighted by Crippen LogP contribution is 2.28. The minimum atomic E-state index is 0.288. The van der Waals surface area contributed by atoms with Crippen molar-refractivity contribution in [3.05, 3.63) is 22.8 Å². The molecule has 3 nitrogen and oxygen atoms in total. The summed E-state index contributed by atoms with van der Waals surface area (Å²) in [4.78, 5) is 5.23. The first-order valence-corrected chi connectivity index (χ1v) is 5.72. The third-order valence-corrected chi connectivity index (χ3v) is 3.09. The number of rotatable bonds is 3. The summed E-state index contributed by atoms with van der Waals surface area (Å²) in [5.74, 6) is 1.40. The van der Waals surface area contributed by atoms with Crippen molar-refractivity contribution in [2.24, 2.45) is 0 Å². The summed E-state index contributed by atoms with van der Waals surface area (Å²) in [7, 11) is 0. The molecule has 0 aliphatic carbocycles. The first-order valence-electron chi connectivity index (χ1n) is 4.30. The van der Waals surface area contributed by atoms with Crippen molar-refractivity contribution in [2.75, 3.05) is 0 Å². The van der Waals surface area contributed by atoms with Crippen molar-refractivity contribution in [1.82, 2.24) is 10.1 Å². The molecule has 2 aromatic heterocycles. The van der Waals surface area contributed by atoms with Crippen LogP contribution in [-0.2, 0) is 12.3 Å². The fourth-order valence-electron chi connectivity index (χ4n) is 1.20. The molecule has 0 fully saturated rings. The van der Waals surface area contributed by atoms with Gasteiger partial charge in [-0.25, -0.2) is 0 Å². The lowest BCUT2D eigenvalue weighted by atomic mass is 10.2. The second-order valence-electron chi connectivity index (χ2n) is 2.78. The summed E-state index contributed by atoms with van der Waals surface area (Å²) in [5, 5.41) is 5.78. The molecule has 74 valence electrons. The Morgan fingerprint density at radius 2 is 2.43 bits per heavy atom. The van der Waals surface area contributed by atoms with E-state index >= 15 is 0 Å². The van der Waals surface area contributed by atoms with Gasteiger partial charge in [0.05, 0.1) is 10.8 Å². The van der Waals surface area contributed by atoms with Crippen LogP contribution in [0.1, 0.15) is 18.3 Å². The number of aryl methyl sites for hydroxylation is 1. The molecule has 0 spiro atoms. The van der Waals surface area contributed by atoms with E-state index in [0.717, 1.165) is 11.3 Å². The third kappa shape index (κ3) is 1.67. The monoisotopic (exact) mass is 228 g/mol. The number of hydrogen-bond acceptors (Lipinski definition) is 4. The van der Waals surface area contributed by atoms with Crippen molar-refractivity contribution >= 4 is 22.9 Å². The Hall–Kier alpha value is -0.870. The van der Waals surface area contributed by atoms with Crippen LogP contribution in [0.4, 0.5) is 0 Å². The Labute approximate surface area is 90.7 Å². The Balaban J connectivity index is 2.38. The van der Waals surface area contributed by atoms with Crippen LogP contribution in [0.15, 0.2) is 16.0 Å². The van der Waals surface area contributed by atoms with Gasteiger partial charge in [-0.2, -0.15) is 4.98 Å². The first kappa shape index (κ1) is 9.68. The van der Waals surface area contributed by atoms with Gasteiger partial charge in [-0.15, -0.1) is 22.9 Å².